The Morgan fingerprint density at radius 1 is 0.780 bits per heavy atom. The minimum absolute atomic E-state index is 0.198. The molecule has 1 aliphatic carbocycles. The van der Waals surface area contributed by atoms with Crippen LogP contribution < -0.4 is 5.32 Å². The van der Waals surface area contributed by atoms with Crippen LogP contribution in [0.15, 0.2) is 24.3 Å². The van der Waals surface area contributed by atoms with Crippen molar-refractivity contribution >= 4 is 12.0 Å². The maximum Gasteiger partial charge on any atom is 0.407 e. The number of rotatable bonds is 22. The molecule has 1 fully saturated rings. The van der Waals surface area contributed by atoms with E-state index in [1.165, 1.54) is 17.5 Å². The second-order valence-electron chi connectivity index (χ2n) is 11.2. The van der Waals surface area contributed by atoms with E-state index in [4.69, 9.17) is 28.4 Å². The van der Waals surface area contributed by atoms with E-state index < -0.39 is 6.09 Å². The van der Waals surface area contributed by atoms with Crippen LogP contribution in [0.1, 0.15) is 57.6 Å². The summed E-state index contributed by atoms with van der Waals surface area (Å²) < 4.78 is 32.6. The van der Waals surface area contributed by atoms with Crippen molar-refractivity contribution in [1.29, 1.82) is 0 Å². The predicted molar refractivity (Wildman–Crippen MR) is 157 cm³/mol. The molecule has 1 aliphatic rings. The van der Waals surface area contributed by atoms with Crippen molar-refractivity contribution in [3.8, 4) is 0 Å². The lowest BCUT2D eigenvalue weighted by atomic mass is 9.91. The van der Waals surface area contributed by atoms with Gasteiger partial charge in [-0.05, 0) is 58.9 Å². The van der Waals surface area contributed by atoms with Gasteiger partial charge in [0.1, 0.15) is 6.61 Å². The van der Waals surface area contributed by atoms with Crippen molar-refractivity contribution in [2.75, 3.05) is 79.2 Å². The summed E-state index contributed by atoms with van der Waals surface area (Å²) in [6, 6.07) is 8.76. The molecule has 0 spiro atoms. The summed E-state index contributed by atoms with van der Waals surface area (Å²) >= 11 is 0. The van der Waals surface area contributed by atoms with Crippen molar-refractivity contribution in [1.82, 2.24) is 10.2 Å². The fraction of sp³-hybridized carbons (Fsp3) is 0.742. The van der Waals surface area contributed by atoms with Gasteiger partial charge in [-0.25, -0.2) is 4.79 Å². The van der Waals surface area contributed by atoms with Gasteiger partial charge in [0.15, 0.2) is 0 Å². The van der Waals surface area contributed by atoms with Gasteiger partial charge in [0.25, 0.3) is 0 Å². The van der Waals surface area contributed by atoms with Crippen molar-refractivity contribution in [3.63, 3.8) is 0 Å². The van der Waals surface area contributed by atoms with Gasteiger partial charge in [-0.3, -0.25) is 4.79 Å². The van der Waals surface area contributed by atoms with Crippen LogP contribution in [0.3, 0.4) is 0 Å². The van der Waals surface area contributed by atoms with Gasteiger partial charge in [0, 0.05) is 24.5 Å². The fourth-order valence-corrected chi connectivity index (χ4v) is 4.04. The van der Waals surface area contributed by atoms with Crippen LogP contribution in [0.5, 0.6) is 0 Å². The molecule has 10 heteroatoms. The van der Waals surface area contributed by atoms with Gasteiger partial charge in [-0.1, -0.05) is 29.8 Å². The highest BCUT2D eigenvalue weighted by molar-refractivity contribution is 5.77. The quantitative estimate of drug-likeness (QED) is 0.206. The first-order valence-corrected chi connectivity index (χ1v) is 14.9. The van der Waals surface area contributed by atoms with E-state index in [1.54, 1.807) is 0 Å². The van der Waals surface area contributed by atoms with E-state index in [-0.39, 0.29) is 18.1 Å². The van der Waals surface area contributed by atoms with Crippen LogP contribution >= 0.6 is 0 Å². The number of alkyl carbamates (subject to hydrolysis) is 1. The van der Waals surface area contributed by atoms with Crippen LogP contribution in [-0.4, -0.2) is 108 Å². The number of amides is 2. The molecule has 0 atom stereocenters. The number of hydrogen-bond donors (Lipinski definition) is 1. The highest BCUT2D eigenvalue weighted by Gasteiger charge is 2.28. The molecule has 0 radical (unpaired) electrons. The van der Waals surface area contributed by atoms with Crippen LogP contribution in [0, 0.1) is 6.92 Å². The third kappa shape index (κ3) is 17.3. The Bertz CT molecular complexity index is 840. The molecule has 0 unspecified atom stereocenters. The molecule has 10 nitrogen and oxygen atoms in total. The van der Waals surface area contributed by atoms with Gasteiger partial charge in [-0.2, -0.15) is 0 Å². The third-order valence-corrected chi connectivity index (χ3v) is 6.49. The zero-order chi connectivity index (χ0) is 29.8. The SMILES string of the molecule is Cc1ccc(CCC(=O)N(CCOCCOCCOCCOCCOCCOC(=O)NC(C)(C)C)C2CCC2)cc1. The van der Waals surface area contributed by atoms with Crippen LogP contribution in [-0.2, 0) is 39.6 Å². The second-order valence-corrected chi connectivity index (χ2v) is 11.2. The van der Waals surface area contributed by atoms with Crippen molar-refractivity contribution in [3.05, 3.63) is 35.4 Å². The van der Waals surface area contributed by atoms with E-state index >= 15 is 0 Å². The van der Waals surface area contributed by atoms with Gasteiger partial charge >= 0.3 is 6.09 Å². The van der Waals surface area contributed by atoms with Crippen molar-refractivity contribution < 1.29 is 38.0 Å². The first-order valence-electron chi connectivity index (χ1n) is 14.9. The number of nitrogens with one attached hydrogen (secondary N) is 1. The molecule has 0 aliphatic heterocycles. The third-order valence-electron chi connectivity index (χ3n) is 6.49. The summed E-state index contributed by atoms with van der Waals surface area (Å²) in [6.45, 7) is 13.2. The van der Waals surface area contributed by atoms with E-state index in [0.717, 1.165) is 19.3 Å². The number of ether oxygens (including phenoxy) is 6. The molecule has 234 valence electrons. The summed E-state index contributed by atoms with van der Waals surface area (Å²) in [5.41, 5.74) is 2.12. The average Bonchev–Trinajstić information content (AvgIpc) is 2.89. The lowest BCUT2D eigenvalue weighted by Gasteiger charge is -2.37. The average molecular weight is 581 g/mol. The summed E-state index contributed by atoms with van der Waals surface area (Å²) in [5, 5.41) is 2.71. The number of hydrogen-bond acceptors (Lipinski definition) is 8. The Morgan fingerprint density at radius 3 is 1.73 bits per heavy atom. The smallest absolute Gasteiger partial charge is 0.407 e. The Morgan fingerprint density at radius 2 is 1.27 bits per heavy atom. The molecule has 1 aromatic rings. The van der Waals surface area contributed by atoms with E-state index in [2.05, 4.69) is 36.5 Å². The number of aryl methyl sites for hydroxylation is 2. The minimum Gasteiger partial charge on any atom is -0.447 e. The highest BCUT2D eigenvalue weighted by Crippen LogP contribution is 2.25. The fourth-order valence-electron chi connectivity index (χ4n) is 4.04. The lowest BCUT2D eigenvalue weighted by molar-refractivity contribution is -0.136. The minimum atomic E-state index is -0.449. The van der Waals surface area contributed by atoms with E-state index in [9.17, 15) is 9.59 Å². The van der Waals surface area contributed by atoms with Crippen LogP contribution in [0.25, 0.3) is 0 Å². The van der Waals surface area contributed by atoms with E-state index in [0.29, 0.717) is 85.1 Å². The molecule has 1 aromatic carbocycles. The molecule has 1 saturated carbocycles. The topological polar surface area (TPSA) is 105 Å². The van der Waals surface area contributed by atoms with Gasteiger partial charge in [0.05, 0.1) is 66.1 Å². The number of nitrogens with zero attached hydrogens (tertiary/aromatic N) is 1. The number of benzene rings is 1. The van der Waals surface area contributed by atoms with Crippen LogP contribution in [0.4, 0.5) is 4.79 Å². The van der Waals surface area contributed by atoms with Crippen molar-refractivity contribution in [2.45, 2.75) is 71.4 Å². The van der Waals surface area contributed by atoms with Crippen molar-refractivity contribution in [2.24, 2.45) is 0 Å². The maximum absolute atomic E-state index is 12.9. The Balaban J connectivity index is 1.36. The summed E-state index contributed by atoms with van der Waals surface area (Å²) in [5.74, 6) is 0.218. The Labute approximate surface area is 246 Å². The number of carbonyl (C=O) groups excluding carboxylic acids is 2. The first-order chi connectivity index (χ1) is 19.7. The van der Waals surface area contributed by atoms with Gasteiger partial charge < -0.3 is 38.6 Å². The normalized spacial score (nSPS) is 13.6. The first kappa shape index (κ1) is 35.0. The summed E-state index contributed by atoms with van der Waals surface area (Å²) in [7, 11) is 0. The molecule has 0 aromatic heterocycles. The predicted octanol–water partition coefficient (Wildman–Crippen LogP) is 3.92. The molecular weight excluding hydrogens is 528 g/mol. The van der Waals surface area contributed by atoms with E-state index in [1.807, 2.05) is 25.7 Å². The maximum atomic E-state index is 12.9. The molecule has 0 bridgehead atoms. The summed E-state index contributed by atoms with van der Waals surface area (Å²) in [6.07, 6.45) is 4.24. The molecule has 0 heterocycles. The molecule has 0 saturated heterocycles. The zero-order valence-corrected chi connectivity index (χ0v) is 25.6. The largest absolute Gasteiger partial charge is 0.447 e. The standard InChI is InChI=1S/C31H52N2O8/c1-26-8-10-27(11-9-26)12-13-29(34)33(28-6-5-7-28)14-15-36-16-17-37-18-19-38-20-21-39-22-23-40-24-25-41-30(35)32-31(2,3)4/h8-11,28H,5-7,12-25H2,1-4H3,(H,32,35). The molecule has 1 N–H and O–H groups in total. The van der Waals surface area contributed by atoms with Gasteiger partial charge in [0.2, 0.25) is 5.91 Å². The molecule has 41 heavy (non-hydrogen) atoms. The monoisotopic (exact) mass is 580 g/mol. The summed E-state index contributed by atoms with van der Waals surface area (Å²) in [4.78, 5) is 26.4. The molecular formula is C31H52N2O8. The zero-order valence-electron chi connectivity index (χ0n) is 25.6. The Kier molecular flexibility index (Phi) is 17.6. The highest BCUT2D eigenvalue weighted by atomic mass is 16.6. The van der Waals surface area contributed by atoms with Gasteiger partial charge in [-0.15, -0.1) is 0 Å². The second kappa shape index (κ2) is 20.6. The molecule has 2 rings (SSSR count). The molecule has 2 amide bonds. The Hall–Kier alpha value is -2.24. The van der Waals surface area contributed by atoms with Crippen LogP contribution in [0.2, 0.25) is 0 Å². The lowest BCUT2D eigenvalue weighted by Crippen LogP contribution is -2.46. The number of carbonyl (C=O) groups is 2.